The summed E-state index contributed by atoms with van der Waals surface area (Å²) >= 11 is 6.13. The van der Waals surface area contributed by atoms with E-state index < -0.39 is 6.04 Å². The fourth-order valence-corrected chi connectivity index (χ4v) is 3.45. The summed E-state index contributed by atoms with van der Waals surface area (Å²) < 4.78 is 0. The standard InChI is InChI=1S/C16H20ClN3O3/c17-12-3-1-2-4-13(12)20-15(22)11-14(16(20)23)19-7-5-18(6-8-19)9-10-21/h1-4,14,21H,5-11H2/t14-/m1/s1. The minimum Gasteiger partial charge on any atom is -0.395 e. The Balaban J connectivity index is 1.71. The van der Waals surface area contributed by atoms with Gasteiger partial charge in [0.25, 0.3) is 5.91 Å². The minimum atomic E-state index is -0.407. The van der Waals surface area contributed by atoms with Crippen LogP contribution in [-0.4, -0.2) is 72.1 Å². The zero-order chi connectivity index (χ0) is 16.4. The Morgan fingerprint density at radius 3 is 2.48 bits per heavy atom. The number of hydrogen-bond donors (Lipinski definition) is 1. The Labute approximate surface area is 140 Å². The number of piperazine rings is 1. The molecule has 7 heteroatoms. The molecule has 0 spiro atoms. The number of rotatable bonds is 4. The van der Waals surface area contributed by atoms with Gasteiger partial charge in [0.1, 0.15) is 0 Å². The summed E-state index contributed by atoms with van der Waals surface area (Å²) in [6, 6.07) is 6.50. The molecule has 0 radical (unpaired) electrons. The molecule has 2 aliphatic heterocycles. The molecule has 0 bridgehead atoms. The van der Waals surface area contributed by atoms with Crippen LogP contribution in [-0.2, 0) is 9.59 Å². The topological polar surface area (TPSA) is 64.1 Å². The maximum atomic E-state index is 12.7. The van der Waals surface area contributed by atoms with Gasteiger partial charge in [-0.05, 0) is 12.1 Å². The number of carbonyl (C=O) groups is 2. The lowest BCUT2D eigenvalue weighted by molar-refractivity contribution is -0.123. The molecule has 1 N–H and O–H groups in total. The maximum Gasteiger partial charge on any atom is 0.251 e. The van der Waals surface area contributed by atoms with Crippen molar-refractivity contribution in [2.24, 2.45) is 0 Å². The number of nitrogens with zero attached hydrogens (tertiary/aromatic N) is 3. The van der Waals surface area contributed by atoms with Crippen molar-refractivity contribution in [2.45, 2.75) is 12.5 Å². The smallest absolute Gasteiger partial charge is 0.251 e. The molecule has 2 saturated heterocycles. The third-order valence-electron chi connectivity index (χ3n) is 4.48. The summed E-state index contributed by atoms with van der Waals surface area (Å²) in [6.45, 7) is 3.83. The van der Waals surface area contributed by atoms with Gasteiger partial charge < -0.3 is 5.11 Å². The van der Waals surface area contributed by atoms with Gasteiger partial charge in [-0.15, -0.1) is 0 Å². The van der Waals surface area contributed by atoms with Crippen LogP contribution < -0.4 is 4.90 Å². The van der Waals surface area contributed by atoms with Crippen LogP contribution in [0.25, 0.3) is 0 Å². The number of aliphatic hydroxyl groups excluding tert-OH is 1. The lowest BCUT2D eigenvalue weighted by Gasteiger charge is -2.36. The van der Waals surface area contributed by atoms with E-state index in [2.05, 4.69) is 9.80 Å². The molecule has 2 aliphatic rings. The van der Waals surface area contributed by atoms with E-state index >= 15 is 0 Å². The lowest BCUT2D eigenvalue weighted by atomic mass is 10.1. The number of β-amino-alcohol motifs (C(OH)–C–C–N with tert-alkyl or cyclic N) is 1. The van der Waals surface area contributed by atoms with Crippen LogP contribution in [0.4, 0.5) is 5.69 Å². The van der Waals surface area contributed by atoms with Gasteiger partial charge in [0.2, 0.25) is 5.91 Å². The van der Waals surface area contributed by atoms with E-state index in [9.17, 15) is 9.59 Å². The Morgan fingerprint density at radius 2 is 1.83 bits per heavy atom. The van der Waals surface area contributed by atoms with Crippen molar-refractivity contribution in [3.63, 3.8) is 0 Å². The molecule has 0 aromatic heterocycles. The van der Waals surface area contributed by atoms with Crippen molar-refractivity contribution >= 4 is 29.1 Å². The number of aliphatic hydroxyl groups is 1. The molecular formula is C16H20ClN3O3. The summed E-state index contributed by atoms with van der Waals surface area (Å²) in [7, 11) is 0. The summed E-state index contributed by atoms with van der Waals surface area (Å²) in [6.07, 6.45) is 0.198. The first kappa shape index (κ1) is 16.4. The Bertz CT molecular complexity index is 602. The number of benzene rings is 1. The summed E-state index contributed by atoms with van der Waals surface area (Å²) in [4.78, 5) is 30.5. The molecule has 23 heavy (non-hydrogen) atoms. The van der Waals surface area contributed by atoms with Crippen LogP contribution in [0.2, 0.25) is 5.02 Å². The van der Waals surface area contributed by atoms with Gasteiger partial charge in [0.15, 0.2) is 0 Å². The Hall–Kier alpha value is -1.47. The predicted octanol–water partition coefficient (Wildman–Crippen LogP) is 0.582. The molecule has 2 fully saturated rings. The van der Waals surface area contributed by atoms with Crippen LogP contribution >= 0.6 is 11.6 Å². The van der Waals surface area contributed by atoms with E-state index in [1.165, 1.54) is 4.90 Å². The van der Waals surface area contributed by atoms with E-state index in [0.717, 1.165) is 26.2 Å². The molecular weight excluding hydrogens is 318 g/mol. The number of imide groups is 1. The zero-order valence-electron chi connectivity index (χ0n) is 12.8. The number of halogens is 1. The average Bonchev–Trinajstić information content (AvgIpc) is 2.84. The highest BCUT2D eigenvalue weighted by Crippen LogP contribution is 2.31. The molecule has 124 valence electrons. The Morgan fingerprint density at radius 1 is 1.13 bits per heavy atom. The van der Waals surface area contributed by atoms with E-state index in [-0.39, 0.29) is 24.8 Å². The number of hydrogen-bond acceptors (Lipinski definition) is 5. The van der Waals surface area contributed by atoms with Crippen LogP contribution in [0.3, 0.4) is 0 Å². The molecule has 1 aromatic carbocycles. The van der Waals surface area contributed by atoms with E-state index in [1.807, 2.05) is 0 Å². The number of amides is 2. The fourth-order valence-electron chi connectivity index (χ4n) is 3.23. The second-order valence-corrected chi connectivity index (χ2v) is 6.25. The minimum absolute atomic E-state index is 0.140. The molecule has 1 aromatic rings. The van der Waals surface area contributed by atoms with E-state index in [0.29, 0.717) is 17.3 Å². The highest BCUT2D eigenvalue weighted by atomic mass is 35.5. The van der Waals surface area contributed by atoms with Crippen LogP contribution in [0.15, 0.2) is 24.3 Å². The molecule has 0 aliphatic carbocycles. The second kappa shape index (κ2) is 6.97. The molecule has 2 amide bonds. The quantitative estimate of drug-likeness (QED) is 0.814. The van der Waals surface area contributed by atoms with Gasteiger partial charge in [-0.2, -0.15) is 0 Å². The first-order chi connectivity index (χ1) is 11.1. The maximum absolute atomic E-state index is 12.7. The van der Waals surface area contributed by atoms with E-state index in [4.69, 9.17) is 16.7 Å². The molecule has 3 rings (SSSR count). The van der Waals surface area contributed by atoms with Crippen molar-refractivity contribution < 1.29 is 14.7 Å². The van der Waals surface area contributed by atoms with E-state index in [1.54, 1.807) is 24.3 Å². The van der Waals surface area contributed by atoms with Crippen LogP contribution in [0, 0.1) is 0 Å². The van der Waals surface area contributed by atoms with Crippen molar-refractivity contribution in [2.75, 3.05) is 44.2 Å². The fraction of sp³-hybridized carbons (Fsp3) is 0.500. The van der Waals surface area contributed by atoms with Crippen molar-refractivity contribution in [1.29, 1.82) is 0 Å². The molecule has 0 saturated carbocycles. The Kier molecular flexibility index (Phi) is 4.96. The van der Waals surface area contributed by atoms with Crippen molar-refractivity contribution in [1.82, 2.24) is 9.80 Å². The number of carbonyl (C=O) groups excluding carboxylic acids is 2. The first-order valence-corrected chi connectivity index (χ1v) is 8.18. The highest BCUT2D eigenvalue weighted by Gasteiger charge is 2.43. The van der Waals surface area contributed by atoms with Gasteiger partial charge in [-0.3, -0.25) is 19.4 Å². The third-order valence-corrected chi connectivity index (χ3v) is 4.80. The van der Waals surface area contributed by atoms with Crippen LogP contribution in [0.1, 0.15) is 6.42 Å². The van der Waals surface area contributed by atoms with Gasteiger partial charge >= 0.3 is 0 Å². The molecule has 1 atom stereocenters. The average molecular weight is 338 g/mol. The first-order valence-electron chi connectivity index (χ1n) is 7.80. The molecule has 6 nitrogen and oxygen atoms in total. The summed E-state index contributed by atoms with van der Waals surface area (Å²) in [5.74, 6) is -0.399. The zero-order valence-corrected chi connectivity index (χ0v) is 13.6. The monoisotopic (exact) mass is 337 g/mol. The van der Waals surface area contributed by atoms with Crippen molar-refractivity contribution in [3.05, 3.63) is 29.3 Å². The normalized spacial score (nSPS) is 23.7. The predicted molar refractivity (Wildman–Crippen MR) is 87.4 cm³/mol. The van der Waals surface area contributed by atoms with Crippen LogP contribution in [0.5, 0.6) is 0 Å². The van der Waals surface area contributed by atoms with Gasteiger partial charge in [-0.25, -0.2) is 4.90 Å². The SMILES string of the molecule is O=C1C[C@@H](N2CCN(CCO)CC2)C(=O)N1c1ccccc1Cl. The highest BCUT2D eigenvalue weighted by molar-refractivity contribution is 6.36. The molecule has 2 heterocycles. The van der Waals surface area contributed by atoms with Crippen molar-refractivity contribution in [3.8, 4) is 0 Å². The number of anilines is 1. The summed E-state index contributed by atoms with van der Waals surface area (Å²) in [5, 5.41) is 9.39. The molecule has 0 unspecified atom stereocenters. The van der Waals surface area contributed by atoms with Gasteiger partial charge in [-0.1, -0.05) is 23.7 Å². The second-order valence-electron chi connectivity index (χ2n) is 5.84. The lowest BCUT2D eigenvalue weighted by Crippen LogP contribution is -2.53. The van der Waals surface area contributed by atoms with Gasteiger partial charge in [0.05, 0.1) is 29.8 Å². The van der Waals surface area contributed by atoms with Gasteiger partial charge in [0, 0.05) is 32.7 Å². The largest absolute Gasteiger partial charge is 0.395 e. The number of para-hydroxylation sites is 1. The third kappa shape index (κ3) is 3.26. The summed E-state index contributed by atoms with van der Waals surface area (Å²) in [5.41, 5.74) is 0.464.